The van der Waals surface area contributed by atoms with E-state index < -0.39 is 29.2 Å². The van der Waals surface area contributed by atoms with Crippen molar-refractivity contribution in [2.24, 2.45) is 0 Å². The van der Waals surface area contributed by atoms with Gasteiger partial charge in [0, 0.05) is 0 Å². The van der Waals surface area contributed by atoms with Crippen molar-refractivity contribution in [1.82, 2.24) is 0 Å². The minimum atomic E-state index is -4.73. The van der Waals surface area contributed by atoms with Gasteiger partial charge in [-0.3, -0.25) is 0 Å². The number of nitrogen functional groups attached to an aromatic ring is 1. The SMILES string of the molecule is Nc1c(Cl)cc(C=C(O)C(=O)O)cc1C(F)(F)F. The van der Waals surface area contributed by atoms with Crippen LogP contribution in [0.4, 0.5) is 18.9 Å². The molecular weight excluding hydrogens is 275 g/mol. The van der Waals surface area contributed by atoms with Gasteiger partial charge in [0.25, 0.3) is 0 Å². The van der Waals surface area contributed by atoms with Crippen LogP contribution in [0.5, 0.6) is 0 Å². The fraction of sp³-hybridized carbons (Fsp3) is 0.100. The molecule has 0 aliphatic carbocycles. The molecule has 0 aromatic heterocycles. The summed E-state index contributed by atoms with van der Waals surface area (Å²) in [5.74, 6) is -2.78. The highest BCUT2D eigenvalue weighted by Gasteiger charge is 2.34. The largest absolute Gasteiger partial charge is 0.502 e. The van der Waals surface area contributed by atoms with Gasteiger partial charge >= 0.3 is 12.1 Å². The average Bonchev–Trinajstić information content (AvgIpc) is 2.21. The Balaban J connectivity index is 3.38. The van der Waals surface area contributed by atoms with Crippen molar-refractivity contribution in [3.05, 3.63) is 34.0 Å². The molecule has 0 unspecified atom stereocenters. The number of rotatable bonds is 2. The molecule has 4 N–H and O–H groups in total. The van der Waals surface area contributed by atoms with Crippen molar-refractivity contribution >= 4 is 29.3 Å². The second kappa shape index (κ2) is 4.77. The van der Waals surface area contributed by atoms with Crippen LogP contribution in [-0.4, -0.2) is 16.2 Å². The predicted molar refractivity (Wildman–Crippen MR) is 59.1 cm³/mol. The van der Waals surface area contributed by atoms with E-state index in [4.69, 9.17) is 27.5 Å². The van der Waals surface area contributed by atoms with E-state index in [-0.39, 0.29) is 10.6 Å². The molecule has 1 rings (SSSR count). The minimum Gasteiger partial charge on any atom is -0.502 e. The first-order chi connectivity index (χ1) is 8.12. The second-order valence-corrected chi connectivity index (χ2v) is 3.70. The van der Waals surface area contributed by atoms with Crippen LogP contribution in [0.3, 0.4) is 0 Å². The first kappa shape index (κ1) is 14.2. The summed E-state index contributed by atoms with van der Waals surface area (Å²) >= 11 is 5.50. The molecule has 0 bridgehead atoms. The number of anilines is 1. The van der Waals surface area contributed by atoms with Gasteiger partial charge in [0.1, 0.15) is 0 Å². The van der Waals surface area contributed by atoms with Crippen LogP contribution in [0.15, 0.2) is 17.9 Å². The summed E-state index contributed by atoms with van der Waals surface area (Å²) in [5.41, 5.74) is 3.10. The summed E-state index contributed by atoms with van der Waals surface area (Å²) in [6.45, 7) is 0. The van der Waals surface area contributed by atoms with Crippen LogP contribution >= 0.6 is 11.6 Å². The summed E-state index contributed by atoms with van der Waals surface area (Å²) in [7, 11) is 0. The Labute approximate surface area is 104 Å². The average molecular weight is 282 g/mol. The molecule has 4 nitrogen and oxygen atoms in total. The molecule has 0 amide bonds. The van der Waals surface area contributed by atoms with Crippen molar-refractivity contribution in [2.45, 2.75) is 6.18 Å². The first-order valence-electron chi connectivity index (χ1n) is 4.43. The third-order valence-corrected chi connectivity index (χ3v) is 2.29. The lowest BCUT2D eigenvalue weighted by Crippen LogP contribution is -2.10. The lowest BCUT2D eigenvalue weighted by molar-refractivity contribution is -0.137. The van der Waals surface area contributed by atoms with Crippen LogP contribution in [0.25, 0.3) is 6.08 Å². The van der Waals surface area contributed by atoms with Crippen LogP contribution < -0.4 is 5.73 Å². The quantitative estimate of drug-likeness (QED) is 0.442. The van der Waals surface area contributed by atoms with Gasteiger partial charge in [-0.2, -0.15) is 13.2 Å². The summed E-state index contributed by atoms with van der Waals surface area (Å²) < 4.78 is 37.7. The highest BCUT2D eigenvalue weighted by Crippen LogP contribution is 2.38. The van der Waals surface area contributed by atoms with Gasteiger partial charge in [0.15, 0.2) is 0 Å². The zero-order chi connectivity index (χ0) is 14.1. The number of aliphatic hydroxyl groups excluding tert-OH is 1. The van der Waals surface area contributed by atoms with E-state index in [1.807, 2.05) is 0 Å². The Kier molecular flexibility index (Phi) is 3.76. The van der Waals surface area contributed by atoms with Crippen molar-refractivity contribution in [3.8, 4) is 0 Å². The normalized spacial score (nSPS) is 12.6. The Hall–Kier alpha value is -1.89. The van der Waals surface area contributed by atoms with E-state index in [0.717, 1.165) is 6.07 Å². The van der Waals surface area contributed by atoms with Crippen molar-refractivity contribution in [3.63, 3.8) is 0 Å². The van der Waals surface area contributed by atoms with Crippen molar-refractivity contribution in [1.29, 1.82) is 0 Å². The highest BCUT2D eigenvalue weighted by molar-refractivity contribution is 6.33. The third-order valence-electron chi connectivity index (χ3n) is 1.98. The zero-order valence-corrected chi connectivity index (χ0v) is 9.38. The summed E-state index contributed by atoms with van der Waals surface area (Å²) in [5, 5.41) is 17.0. The molecular formula is C10H7ClF3NO3. The van der Waals surface area contributed by atoms with Gasteiger partial charge in [0.2, 0.25) is 5.76 Å². The molecule has 0 fully saturated rings. The first-order valence-corrected chi connectivity index (χ1v) is 4.81. The number of halogens is 4. The number of hydrogen-bond donors (Lipinski definition) is 3. The van der Waals surface area contributed by atoms with E-state index in [9.17, 15) is 18.0 Å². The van der Waals surface area contributed by atoms with Crippen LogP contribution in [-0.2, 0) is 11.0 Å². The molecule has 8 heteroatoms. The van der Waals surface area contributed by atoms with Crippen LogP contribution in [0.1, 0.15) is 11.1 Å². The van der Waals surface area contributed by atoms with Crippen molar-refractivity contribution < 1.29 is 28.2 Å². The Morgan fingerprint density at radius 3 is 2.33 bits per heavy atom. The summed E-state index contributed by atoms with van der Waals surface area (Å²) in [6, 6.07) is 1.62. The van der Waals surface area contributed by atoms with Crippen molar-refractivity contribution in [2.75, 3.05) is 5.73 Å². The molecule has 0 radical (unpaired) electrons. The predicted octanol–water partition coefficient (Wildman–Crippen LogP) is 2.92. The lowest BCUT2D eigenvalue weighted by Gasteiger charge is -2.12. The number of carboxylic acids is 1. The molecule has 98 valence electrons. The molecule has 0 aliphatic rings. The van der Waals surface area contributed by atoms with Gasteiger partial charge < -0.3 is 15.9 Å². The highest BCUT2D eigenvalue weighted by atomic mass is 35.5. The van der Waals surface area contributed by atoms with E-state index in [2.05, 4.69) is 0 Å². The molecule has 0 spiro atoms. The maximum atomic E-state index is 12.6. The number of nitrogens with two attached hydrogens (primary N) is 1. The lowest BCUT2D eigenvalue weighted by atomic mass is 10.1. The summed E-state index contributed by atoms with van der Waals surface area (Å²) in [4.78, 5) is 10.3. The van der Waals surface area contributed by atoms with E-state index in [0.29, 0.717) is 12.1 Å². The second-order valence-electron chi connectivity index (χ2n) is 3.30. The number of benzene rings is 1. The molecule has 1 aromatic carbocycles. The Morgan fingerprint density at radius 2 is 1.89 bits per heavy atom. The number of carboxylic acid groups (broad SMARTS) is 1. The molecule has 0 atom stereocenters. The monoisotopic (exact) mass is 281 g/mol. The van der Waals surface area contributed by atoms with E-state index >= 15 is 0 Å². The molecule has 0 saturated carbocycles. The number of hydrogen-bond acceptors (Lipinski definition) is 3. The van der Waals surface area contributed by atoms with Gasteiger partial charge in [-0.25, -0.2) is 4.79 Å². The minimum absolute atomic E-state index is 0.221. The van der Waals surface area contributed by atoms with E-state index in [1.165, 1.54) is 0 Å². The van der Waals surface area contributed by atoms with E-state index in [1.54, 1.807) is 0 Å². The number of alkyl halides is 3. The number of aliphatic carboxylic acids is 1. The molecule has 1 aromatic rings. The molecule has 0 aliphatic heterocycles. The van der Waals surface area contributed by atoms with Gasteiger partial charge in [-0.05, 0) is 23.8 Å². The van der Waals surface area contributed by atoms with Crippen LogP contribution in [0, 0.1) is 0 Å². The van der Waals surface area contributed by atoms with Gasteiger partial charge in [-0.15, -0.1) is 0 Å². The molecule has 18 heavy (non-hydrogen) atoms. The fourth-order valence-corrected chi connectivity index (χ4v) is 1.40. The molecule has 0 saturated heterocycles. The van der Waals surface area contributed by atoms with Gasteiger partial charge in [-0.1, -0.05) is 11.6 Å². The number of carbonyl (C=O) groups is 1. The third kappa shape index (κ3) is 3.07. The zero-order valence-electron chi connectivity index (χ0n) is 8.62. The standard InChI is InChI=1S/C10H7ClF3NO3/c11-6-2-4(3-7(16)9(17)18)1-5(8(6)15)10(12,13)14/h1-3,16H,15H2,(H,17,18). The smallest absolute Gasteiger partial charge is 0.418 e. The summed E-state index contributed by atoms with van der Waals surface area (Å²) in [6.07, 6.45) is -4.08. The van der Waals surface area contributed by atoms with Gasteiger partial charge in [0.05, 0.1) is 16.3 Å². The number of aliphatic hydroxyl groups is 1. The van der Waals surface area contributed by atoms with Crippen LogP contribution in [0.2, 0.25) is 5.02 Å². The Morgan fingerprint density at radius 1 is 1.33 bits per heavy atom. The molecule has 0 heterocycles. The maximum absolute atomic E-state index is 12.6. The fourth-order valence-electron chi connectivity index (χ4n) is 1.18. The Bertz CT molecular complexity index is 526. The topological polar surface area (TPSA) is 83.5 Å². The maximum Gasteiger partial charge on any atom is 0.418 e.